The van der Waals surface area contributed by atoms with Gasteiger partial charge in [-0.15, -0.1) is 0 Å². The Kier molecular flexibility index (Phi) is 3.48. The Morgan fingerprint density at radius 1 is 1.18 bits per heavy atom. The van der Waals surface area contributed by atoms with Crippen molar-refractivity contribution in [3.63, 3.8) is 0 Å². The fraction of sp³-hybridized carbons (Fsp3) is 0.133. The number of carbonyl (C=O) groups is 1. The number of nitro groups is 1. The highest BCUT2D eigenvalue weighted by atomic mass is 16.6. The fourth-order valence-corrected chi connectivity index (χ4v) is 2.44. The summed E-state index contributed by atoms with van der Waals surface area (Å²) < 4.78 is 0. The van der Waals surface area contributed by atoms with Crippen LogP contribution in [0.2, 0.25) is 0 Å². The second-order valence-electron chi connectivity index (χ2n) is 5.03. The Bertz CT molecular complexity index is 735. The Labute approximate surface area is 125 Å². The summed E-state index contributed by atoms with van der Waals surface area (Å²) in [5, 5.41) is 22.0. The van der Waals surface area contributed by atoms with Crippen molar-refractivity contribution in [3.05, 3.63) is 69.3 Å². The number of amides is 1. The van der Waals surface area contributed by atoms with E-state index in [9.17, 15) is 20.0 Å². The molecule has 0 aliphatic carbocycles. The van der Waals surface area contributed by atoms with E-state index in [1.807, 2.05) is 24.3 Å². The van der Waals surface area contributed by atoms with Crippen molar-refractivity contribution in [2.45, 2.75) is 13.1 Å². The molecular formula is C15H13N3O4. The molecule has 0 unspecified atom stereocenters. The standard InChI is InChI=1S/C15H13N3O4/c19-14-7-10(5-6-13(14)18(21)22)15(20)16-17-8-11-3-1-2-4-12(11)9-17/h1-7,19H,8-9H2,(H,16,20). The monoisotopic (exact) mass is 299 g/mol. The first-order chi connectivity index (χ1) is 10.5. The zero-order valence-electron chi connectivity index (χ0n) is 11.5. The molecule has 3 rings (SSSR count). The number of benzene rings is 2. The van der Waals surface area contributed by atoms with Gasteiger partial charge in [0.2, 0.25) is 0 Å². The van der Waals surface area contributed by atoms with Crippen LogP contribution in [0.25, 0.3) is 0 Å². The van der Waals surface area contributed by atoms with E-state index >= 15 is 0 Å². The number of nitro benzene ring substituents is 1. The summed E-state index contributed by atoms with van der Waals surface area (Å²) in [5.41, 5.74) is 4.77. The minimum absolute atomic E-state index is 0.166. The average molecular weight is 299 g/mol. The lowest BCUT2D eigenvalue weighted by Gasteiger charge is -2.16. The van der Waals surface area contributed by atoms with E-state index in [-0.39, 0.29) is 5.56 Å². The van der Waals surface area contributed by atoms with Crippen LogP contribution >= 0.6 is 0 Å². The van der Waals surface area contributed by atoms with E-state index in [1.165, 1.54) is 6.07 Å². The Morgan fingerprint density at radius 3 is 2.36 bits per heavy atom. The van der Waals surface area contributed by atoms with Crippen LogP contribution < -0.4 is 5.43 Å². The molecule has 1 aliphatic rings. The molecule has 2 aromatic carbocycles. The number of hydrazine groups is 1. The van der Waals surface area contributed by atoms with Crippen LogP contribution in [0, 0.1) is 10.1 Å². The largest absolute Gasteiger partial charge is 0.502 e. The van der Waals surface area contributed by atoms with Gasteiger partial charge in [0.15, 0.2) is 5.75 Å². The molecule has 7 heteroatoms. The molecule has 1 amide bonds. The first-order valence-corrected chi connectivity index (χ1v) is 6.65. The number of aromatic hydroxyl groups is 1. The van der Waals surface area contributed by atoms with Crippen molar-refractivity contribution in [2.24, 2.45) is 0 Å². The zero-order valence-corrected chi connectivity index (χ0v) is 11.5. The highest BCUT2D eigenvalue weighted by Crippen LogP contribution is 2.26. The molecule has 0 bridgehead atoms. The van der Waals surface area contributed by atoms with Crippen LogP contribution in [0.5, 0.6) is 5.75 Å². The minimum Gasteiger partial charge on any atom is -0.502 e. The van der Waals surface area contributed by atoms with Gasteiger partial charge in [0.25, 0.3) is 5.91 Å². The summed E-state index contributed by atoms with van der Waals surface area (Å²) in [4.78, 5) is 22.1. The third kappa shape index (κ3) is 2.61. The van der Waals surface area contributed by atoms with Crippen LogP contribution in [0.3, 0.4) is 0 Å². The molecule has 0 radical (unpaired) electrons. The molecule has 0 fully saturated rings. The molecule has 0 spiro atoms. The van der Waals surface area contributed by atoms with Gasteiger partial charge in [0.1, 0.15) is 0 Å². The van der Waals surface area contributed by atoms with Gasteiger partial charge in [-0.25, -0.2) is 5.01 Å². The van der Waals surface area contributed by atoms with E-state index in [2.05, 4.69) is 5.43 Å². The minimum atomic E-state index is -0.700. The molecule has 0 aromatic heterocycles. The van der Waals surface area contributed by atoms with E-state index < -0.39 is 22.3 Å². The molecule has 112 valence electrons. The molecule has 1 heterocycles. The number of phenols is 1. The van der Waals surface area contributed by atoms with E-state index in [1.54, 1.807) is 5.01 Å². The van der Waals surface area contributed by atoms with Crippen molar-refractivity contribution in [2.75, 3.05) is 0 Å². The average Bonchev–Trinajstić information content (AvgIpc) is 2.88. The van der Waals surface area contributed by atoms with Crippen LogP contribution in [-0.2, 0) is 13.1 Å². The summed E-state index contributed by atoms with van der Waals surface area (Å²) >= 11 is 0. The van der Waals surface area contributed by atoms with Gasteiger partial charge < -0.3 is 5.11 Å². The summed E-state index contributed by atoms with van der Waals surface area (Å²) in [6, 6.07) is 11.4. The lowest BCUT2D eigenvalue weighted by molar-refractivity contribution is -0.385. The normalized spacial score (nSPS) is 13.6. The zero-order chi connectivity index (χ0) is 15.7. The van der Waals surface area contributed by atoms with E-state index in [4.69, 9.17) is 0 Å². The number of nitrogens with one attached hydrogen (secondary N) is 1. The number of hydrogen-bond acceptors (Lipinski definition) is 5. The smallest absolute Gasteiger partial charge is 0.310 e. The number of nitrogens with zero attached hydrogens (tertiary/aromatic N) is 2. The number of fused-ring (bicyclic) bond motifs is 1. The molecule has 0 saturated carbocycles. The van der Waals surface area contributed by atoms with Gasteiger partial charge in [0.05, 0.1) is 4.92 Å². The van der Waals surface area contributed by atoms with Crippen molar-refractivity contribution in [3.8, 4) is 5.75 Å². The summed E-state index contributed by atoms with van der Waals surface area (Å²) in [6.45, 7) is 1.20. The van der Waals surface area contributed by atoms with Crippen LogP contribution in [0.15, 0.2) is 42.5 Å². The third-order valence-corrected chi connectivity index (χ3v) is 3.53. The maximum Gasteiger partial charge on any atom is 0.310 e. The number of hydrogen-bond donors (Lipinski definition) is 2. The maximum atomic E-state index is 12.2. The van der Waals surface area contributed by atoms with Gasteiger partial charge in [-0.2, -0.15) is 0 Å². The van der Waals surface area contributed by atoms with Crippen LogP contribution in [0.1, 0.15) is 21.5 Å². The van der Waals surface area contributed by atoms with Crippen molar-refractivity contribution in [1.82, 2.24) is 10.4 Å². The van der Waals surface area contributed by atoms with E-state index in [0.717, 1.165) is 23.3 Å². The number of carbonyl (C=O) groups excluding carboxylic acids is 1. The molecule has 7 nitrogen and oxygen atoms in total. The van der Waals surface area contributed by atoms with Crippen molar-refractivity contribution >= 4 is 11.6 Å². The lowest BCUT2D eigenvalue weighted by Crippen LogP contribution is -2.38. The van der Waals surface area contributed by atoms with Gasteiger partial charge in [-0.3, -0.25) is 20.3 Å². The summed E-state index contributed by atoms with van der Waals surface area (Å²) in [7, 11) is 0. The molecule has 0 atom stereocenters. The highest BCUT2D eigenvalue weighted by Gasteiger charge is 2.21. The molecule has 2 aromatic rings. The van der Waals surface area contributed by atoms with Crippen molar-refractivity contribution < 1.29 is 14.8 Å². The topological polar surface area (TPSA) is 95.7 Å². The first-order valence-electron chi connectivity index (χ1n) is 6.65. The molecular weight excluding hydrogens is 286 g/mol. The van der Waals surface area contributed by atoms with Gasteiger partial charge in [-0.05, 0) is 23.3 Å². The lowest BCUT2D eigenvalue weighted by atomic mass is 10.1. The number of rotatable bonds is 3. The Hall–Kier alpha value is -2.93. The quantitative estimate of drug-likeness (QED) is 0.667. The number of phenolic OH excluding ortho intramolecular Hbond substituents is 1. The fourth-order valence-electron chi connectivity index (χ4n) is 2.44. The SMILES string of the molecule is O=C(NN1Cc2ccccc2C1)c1ccc([N+](=O)[O-])c(O)c1. The Balaban J connectivity index is 1.71. The maximum absolute atomic E-state index is 12.2. The van der Waals surface area contributed by atoms with E-state index in [0.29, 0.717) is 13.1 Å². The molecule has 2 N–H and O–H groups in total. The van der Waals surface area contributed by atoms with Gasteiger partial charge >= 0.3 is 5.69 Å². The Morgan fingerprint density at radius 2 is 1.82 bits per heavy atom. The van der Waals surface area contributed by atoms with Gasteiger partial charge in [-0.1, -0.05) is 24.3 Å². The summed E-state index contributed by atoms with van der Waals surface area (Å²) in [6.07, 6.45) is 0. The molecule has 0 saturated heterocycles. The second-order valence-corrected chi connectivity index (χ2v) is 5.03. The second kappa shape index (κ2) is 5.45. The molecule has 1 aliphatic heterocycles. The molecule has 22 heavy (non-hydrogen) atoms. The van der Waals surface area contributed by atoms with Gasteiger partial charge in [0, 0.05) is 24.7 Å². The predicted molar refractivity (Wildman–Crippen MR) is 77.9 cm³/mol. The van der Waals surface area contributed by atoms with Crippen LogP contribution in [-0.4, -0.2) is 20.9 Å². The predicted octanol–water partition coefficient (Wildman–Crippen LogP) is 1.96. The summed E-state index contributed by atoms with van der Waals surface area (Å²) in [5.74, 6) is -0.944. The van der Waals surface area contributed by atoms with Crippen molar-refractivity contribution in [1.29, 1.82) is 0 Å². The van der Waals surface area contributed by atoms with Crippen LogP contribution in [0.4, 0.5) is 5.69 Å². The first kappa shape index (κ1) is 14.0. The third-order valence-electron chi connectivity index (χ3n) is 3.53. The highest BCUT2D eigenvalue weighted by molar-refractivity contribution is 5.94.